The van der Waals surface area contributed by atoms with Gasteiger partial charge in [0.15, 0.2) is 11.5 Å². The summed E-state index contributed by atoms with van der Waals surface area (Å²) in [7, 11) is 0. The van der Waals surface area contributed by atoms with Gasteiger partial charge in [-0.1, -0.05) is 6.42 Å². The van der Waals surface area contributed by atoms with Crippen LogP contribution in [0.3, 0.4) is 0 Å². The van der Waals surface area contributed by atoms with Crippen LogP contribution in [0.1, 0.15) is 112 Å². The SMILES string of the molecule is O=C(NC1(C(=O)O)C2CCC3CC(C2)CC1C3)c1cnc(-c2cn(C3CCC(F)(F)CC3)c3cc(OC4CCC(N5CCOCC5)CC4)ccc23)nc1C(F)(F)F. The Kier molecular flexibility index (Phi) is 10.0. The van der Waals surface area contributed by atoms with E-state index < -0.39 is 40.8 Å². The van der Waals surface area contributed by atoms with E-state index in [4.69, 9.17) is 9.47 Å². The number of rotatable bonds is 8. The zero-order valence-corrected chi connectivity index (χ0v) is 31.9. The Hall–Kier alpha value is -3.85. The van der Waals surface area contributed by atoms with Gasteiger partial charge < -0.3 is 24.5 Å². The summed E-state index contributed by atoms with van der Waals surface area (Å²) in [4.78, 5) is 37.7. The standard InChI is InChI=1S/C42H50F5N5O5/c43-40(44)11-9-29(10-12-40)52-23-34(32-8-7-31(21-35(32)52)57-30-5-3-28(4-6-30)51-13-15-56-16-14-51)37-48-22-33(36(49-37)42(45,46)47)38(53)50-41(39(54)55)26-2-1-24-17-25(19-26)20-27(41)18-24/h7-8,21-30H,1-6,9-20H2,(H,50,53)(H,54,55). The van der Waals surface area contributed by atoms with Crippen LogP contribution in [-0.2, 0) is 15.7 Å². The van der Waals surface area contributed by atoms with Crippen molar-refractivity contribution in [2.75, 3.05) is 26.3 Å². The van der Waals surface area contributed by atoms with Gasteiger partial charge in [0, 0.05) is 67.4 Å². The molecule has 1 saturated heterocycles. The van der Waals surface area contributed by atoms with Crippen molar-refractivity contribution in [1.29, 1.82) is 0 Å². The van der Waals surface area contributed by atoms with E-state index in [-0.39, 0.29) is 61.1 Å². The normalized spacial score (nSPS) is 31.9. The number of hydrogen-bond acceptors (Lipinski definition) is 7. The highest BCUT2D eigenvalue weighted by Gasteiger charge is 2.60. The molecule has 3 aromatic rings. The molecule has 1 aliphatic heterocycles. The van der Waals surface area contributed by atoms with Crippen LogP contribution in [0.15, 0.2) is 30.6 Å². The monoisotopic (exact) mass is 799 g/mol. The Bertz CT molecular complexity index is 1990. The number of hydrogen-bond donors (Lipinski definition) is 2. The highest BCUT2D eigenvalue weighted by molar-refractivity contribution is 6.00. The average Bonchev–Trinajstić information content (AvgIpc) is 3.44. The number of amides is 1. The van der Waals surface area contributed by atoms with Crippen LogP contribution in [0, 0.1) is 23.7 Å². The van der Waals surface area contributed by atoms with Gasteiger partial charge in [-0.3, -0.25) is 9.69 Å². The zero-order chi connectivity index (χ0) is 39.7. The number of halogens is 5. The highest BCUT2D eigenvalue weighted by atomic mass is 19.4. The second kappa shape index (κ2) is 14.8. The zero-order valence-electron chi connectivity index (χ0n) is 31.9. The number of aromatic nitrogens is 3. The number of alkyl halides is 5. The number of ether oxygens (including phenoxy) is 2. The van der Waals surface area contributed by atoms with Gasteiger partial charge in [-0.05, 0) is 106 Å². The first-order valence-corrected chi connectivity index (χ1v) is 20.8. The van der Waals surface area contributed by atoms with Crippen LogP contribution in [0.2, 0.25) is 0 Å². The first-order valence-electron chi connectivity index (χ1n) is 20.8. The van der Waals surface area contributed by atoms with Crippen molar-refractivity contribution in [3.05, 3.63) is 41.9 Å². The maximum Gasteiger partial charge on any atom is 0.434 e. The highest BCUT2D eigenvalue weighted by Crippen LogP contribution is 2.56. The molecule has 6 saturated carbocycles. The first kappa shape index (κ1) is 38.7. The fourth-order valence-corrected chi connectivity index (χ4v) is 11.6. The number of benzene rings is 1. The van der Waals surface area contributed by atoms with Crippen LogP contribution >= 0.6 is 0 Å². The summed E-state index contributed by atoms with van der Waals surface area (Å²) in [6.07, 6.45) is 5.16. The summed E-state index contributed by atoms with van der Waals surface area (Å²) < 4.78 is 87.1. The Labute approximate surface area is 327 Å². The van der Waals surface area contributed by atoms with Gasteiger partial charge in [0.1, 0.15) is 11.3 Å². The van der Waals surface area contributed by atoms with E-state index in [1.807, 2.05) is 10.6 Å². The van der Waals surface area contributed by atoms with E-state index in [1.54, 1.807) is 18.3 Å². The second-order valence-electron chi connectivity index (χ2n) is 17.6. The van der Waals surface area contributed by atoms with Gasteiger partial charge in [0.05, 0.1) is 30.4 Å². The molecule has 4 bridgehead atoms. The molecule has 308 valence electrons. The number of nitrogens with zero attached hydrogens (tertiary/aromatic N) is 4. The lowest BCUT2D eigenvalue weighted by atomic mass is 9.58. The summed E-state index contributed by atoms with van der Waals surface area (Å²) in [6, 6.07) is 5.48. The van der Waals surface area contributed by atoms with Gasteiger partial charge in [-0.25, -0.2) is 23.5 Å². The molecule has 1 amide bonds. The molecule has 15 heteroatoms. The van der Waals surface area contributed by atoms with E-state index in [0.29, 0.717) is 60.2 Å². The predicted molar refractivity (Wildman–Crippen MR) is 199 cm³/mol. The molecular formula is C42H50F5N5O5. The minimum atomic E-state index is -5.07. The molecule has 57 heavy (non-hydrogen) atoms. The number of carboxylic acids is 1. The number of carbonyl (C=O) groups excluding carboxylic acids is 1. The molecule has 2 N–H and O–H groups in total. The number of aliphatic carboxylic acids is 1. The van der Waals surface area contributed by atoms with Gasteiger partial charge in [0.25, 0.3) is 5.91 Å². The van der Waals surface area contributed by atoms with E-state index in [2.05, 4.69) is 20.2 Å². The molecule has 7 aliphatic rings. The number of carbonyl (C=O) groups is 2. The smallest absolute Gasteiger partial charge is 0.434 e. The topological polar surface area (TPSA) is 119 Å². The van der Waals surface area contributed by atoms with Crippen LogP contribution < -0.4 is 10.1 Å². The third-order valence-corrected chi connectivity index (χ3v) is 14.3. The van der Waals surface area contributed by atoms with Gasteiger partial charge >= 0.3 is 12.1 Å². The van der Waals surface area contributed by atoms with Gasteiger partial charge in [0.2, 0.25) is 5.92 Å². The Morgan fingerprint density at radius 3 is 2.33 bits per heavy atom. The van der Waals surface area contributed by atoms with Crippen molar-refractivity contribution in [3.8, 4) is 17.1 Å². The van der Waals surface area contributed by atoms with Crippen molar-refractivity contribution in [3.63, 3.8) is 0 Å². The summed E-state index contributed by atoms with van der Waals surface area (Å²) in [6.45, 7) is 3.34. The fraction of sp³-hybridized carbons (Fsp3) is 0.667. The maximum absolute atomic E-state index is 14.9. The predicted octanol–water partition coefficient (Wildman–Crippen LogP) is 8.29. The molecule has 10 nitrogen and oxygen atoms in total. The van der Waals surface area contributed by atoms with Crippen LogP contribution in [0.5, 0.6) is 5.75 Å². The van der Waals surface area contributed by atoms with Gasteiger partial charge in [-0.15, -0.1) is 0 Å². The molecule has 5 unspecified atom stereocenters. The lowest BCUT2D eigenvalue weighted by Gasteiger charge is -2.50. The summed E-state index contributed by atoms with van der Waals surface area (Å²) in [5, 5.41) is 13.8. The summed E-state index contributed by atoms with van der Waals surface area (Å²) >= 11 is 0. The lowest BCUT2D eigenvalue weighted by molar-refractivity contribution is -0.154. The van der Waals surface area contributed by atoms with Crippen molar-refractivity contribution in [2.24, 2.45) is 23.7 Å². The van der Waals surface area contributed by atoms with Crippen molar-refractivity contribution < 1.29 is 46.1 Å². The molecule has 0 radical (unpaired) electrons. The largest absolute Gasteiger partial charge is 0.490 e. The Morgan fingerprint density at radius 2 is 1.61 bits per heavy atom. The lowest BCUT2D eigenvalue weighted by Crippen LogP contribution is -2.66. The van der Waals surface area contributed by atoms with Crippen molar-refractivity contribution >= 4 is 22.8 Å². The molecule has 2 aromatic heterocycles. The Balaban J connectivity index is 1.02. The maximum atomic E-state index is 14.9. The first-order chi connectivity index (χ1) is 27.3. The third kappa shape index (κ3) is 7.29. The summed E-state index contributed by atoms with van der Waals surface area (Å²) in [5.74, 6) is -4.90. The number of carboxylic acid groups (broad SMARTS) is 1. The molecule has 1 aromatic carbocycles. The third-order valence-electron chi connectivity index (χ3n) is 14.3. The quantitative estimate of drug-likeness (QED) is 0.219. The van der Waals surface area contributed by atoms with Crippen LogP contribution in [0.4, 0.5) is 22.0 Å². The molecule has 7 fully saturated rings. The van der Waals surface area contributed by atoms with Crippen molar-refractivity contribution in [1.82, 2.24) is 24.8 Å². The Morgan fingerprint density at radius 1 is 0.895 bits per heavy atom. The van der Waals surface area contributed by atoms with E-state index in [0.717, 1.165) is 71.0 Å². The van der Waals surface area contributed by atoms with Gasteiger partial charge in [-0.2, -0.15) is 13.2 Å². The van der Waals surface area contributed by atoms with Crippen LogP contribution in [0.25, 0.3) is 22.3 Å². The minimum absolute atomic E-state index is 0.0177. The minimum Gasteiger partial charge on any atom is -0.490 e. The number of nitrogens with one attached hydrogen (secondary N) is 1. The second-order valence-corrected chi connectivity index (χ2v) is 17.6. The number of morpholine rings is 1. The molecular weight excluding hydrogens is 749 g/mol. The van der Waals surface area contributed by atoms with E-state index in [1.165, 1.54) is 0 Å². The number of fused-ring (bicyclic) bond motifs is 2. The average molecular weight is 800 g/mol. The molecule has 6 aliphatic carbocycles. The molecule has 5 atom stereocenters. The van der Waals surface area contributed by atoms with Crippen LogP contribution in [-0.4, -0.2) is 86.3 Å². The molecule has 0 spiro atoms. The molecule has 10 rings (SSSR count). The summed E-state index contributed by atoms with van der Waals surface area (Å²) in [5.41, 5.74) is -3.09. The van der Waals surface area contributed by atoms with Crippen molar-refractivity contribution in [2.45, 2.75) is 126 Å². The van der Waals surface area contributed by atoms with E-state index >= 15 is 0 Å². The fourth-order valence-electron chi connectivity index (χ4n) is 11.6. The van der Waals surface area contributed by atoms with E-state index in [9.17, 15) is 36.6 Å². The molecule has 3 heterocycles.